The van der Waals surface area contributed by atoms with Crippen molar-refractivity contribution in [3.8, 4) is 0 Å². The number of halogens is 2. The summed E-state index contributed by atoms with van der Waals surface area (Å²) >= 11 is 0. The molecule has 0 unspecified atom stereocenters. The summed E-state index contributed by atoms with van der Waals surface area (Å²) in [4.78, 5) is 19.5. The molecule has 1 rings (SSSR count). The van der Waals surface area contributed by atoms with Crippen LogP contribution in [0.3, 0.4) is 0 Å². The molecule has 0 heterocycles. The van der Waals surface area contributed by atoms with Crippen LogP contribution in [-0.2, 0) is 4.79 Å². The van der Waals surface area contributed by atoms with Gasteiger partial charge in [0.15, 0.2) is 6.10 Å². The predicted octanol–water partition coefficient (Wildman–Crippen LogP) is 0.991. The lowest BCUT2D eigenvalue weighted by molar-refractivity contribution is -0.387. The quantitative estimate of drug-likeness (QED) is 0.598. The standard InChI is InChI=1S/C8H5F2NO5/c9-4-2-5(10)6(11(15)16)1-3(4)7(12)8(13)14/h1-2,7,12H,(H,13,14)/t7-/m0/s1. The molecule has 16 heavy (non-hydrogen) atoms. The summed E-state index contributed by atoms with van der Waals surface area (Å²) in [7, 11) is 0. The molecule has 1 aromatic rings. The minimum atomic E-state index is -2.28. The molecule has 0 amide bonds. The average molecular weight is 233 g/mol. The van der Waals surface area contributed by atoms with Crippen molar-refractivity contribution in [3.05, 3.63) is 39.4 Å². The normalized spacial score (nSPS) is 12.2. The van der Waals surface area contributed by atoms with Crippen molar-refractivity contribution < 1.29 is 28.7 Å². The number of carboxylic acid groups (broad SMARTS) is 1. The van der Waals surface area contributed by atoms with Gasteiger partial charge in [0.2, 0.25) is 5.82 Å². The van der Waals surface area contributed by atoms with Crippen LogP contribution in [0.2, 0.25) is 0 Å². The van der Waals surface area contributed by atoms with Crippen LogP contribution in [0.4, 0.5) is 14.5 Å². The van der Waals surface area contributed by atoms with Gasteiger partial charge < -0.3 is 10.2 Å². The second-order valence-corrected chi connectivity index (χ2v) is 2.82. The largest absolute Gasteiger partial charge is 0.479 e. The topological polar surface area (TPSA) is 101 Å². The summed E-state index contributed by atoms with van der Waals surface area (Å²) in [6.07, 6.45) is -2.28. The number of rotatable bonds is 3. The maximum atomic E-state index is 13.0. The van der Waals surface area contributed by atoms with E-state index in [1.165, 1.54) is 0 Å². The highest BCUT2D eigenvalue weighted by molar-refractivity contribution is 5.74. The monoisotopic (exact) mass is 233 g/mol. The third-order valence-corrected chi connectivity index (χ3v) is 1.79. The number of carbonyl (C=O) groups is 1. The van der Waals surface area contributed by atoms with E-state index in [-0.39, 0.29) is 6.07 Å². The lowest BCUT2D eigenvalue weighted by atomic mass is 10.1. The fraction of sp³-hybridized carbons (Fsp3) is 0.125. The van der Waals surface area contributed by atoms with Gasteiger partial charge in [0.25, 0.3) is 0 Å². The van der Waals surface area contributed by atoms with Crippen LogP contribution >= 0.6 is 0 Å². The van der Waals surface area contributed by atoms with Gasteiger partial charge in [-0.15, -0.1) is 0 Å². The molecule has 1 atom stereocenters. The predicted molar refractivity (Wildman–Crippen MR) is 45.6 cm³/mol. The van der Waals surface area contributed by atoms with E-state index < -0.39 is 39.9 Å². The molecule has 0 bridgehead atoms. The van der Waals surface area contributed by atoms with Crippen LogP contribution in [0.5, 0.6) is 0 Å². The smallest absolute Gasteiger partial charge is 0.337 e. The summed E-state index contributed by atoms with van der Waals surface area (Å²) in [5.74, 6) is -4.60. The number of benzene rings is 1. The van der Waals surface area contributed by atoms with Crippen molar-refractivity contribution in [1.82, 2.24) is 0 Å². The summed E-state index contributed by atoms with van der Waals surface area (Å²) in [6, 6.07) is 0.503. The molecule has 0 radical (unpaired) electrons. The Bertz CT molecular complexity index is 462. The number of nitro benzene ring substituents is 1. The van der Waals surface area contributed by atoms with Crippen LogP contribution in [0.15, 0.2) is 12.1 Å². The molecule has 0 aromatic heterocycles. The molecule has 8 heteroatoms. The fourth-order valence-corrected chi connectivity index (χ4v) is 1.04. The molecule has 0 fully saturated rings. The van der Waals surface area contributed by atoms with Gasteiger partial charge in [0.1, 0.15) is 5.82 Å². The van der Waals surface area contributed by atoms with Gasteiger partial charge in [-0.1, -0.05) is 0 Å². The summed E-state index contributed by atoms with van der Waals surface area (Å²) in [5, 5.41) is 27.7. The highest BCUT2D eigenvalue weighted by Gasteiger charge is 2.26. The van der Waals surface area contributed by atoms with Crippen molar-refractivity contribution in [2.24, 2.45) is 0 Å². The highest BCUT2D eigenvalue weighted by atomic mass is 19.1. The first-order valence-corrected chi connectivity index (χ1v) is 3.88. The molecule has 86 valence electrons. The van der Waals surface area contributed by atoms with Crippen LogP contribution < -0.4 is 0 Å². The maximum absolute atomic E-state index is 13.0. The van der Waals surface area contributed by atoms with Gasteiger partial charge in [-0.2, -0.15) is 4.39 Å². The first-order valence-electron chi connectivity index (χ1n) is 3.88. The Balaban J connectivity index is 3.35. The summed E-state index contributed by atoms with van der Waals surface area (Å²) < 4.78 is 25.9. The Hall–Kier alpha value is -2.09. The maximum Gasteiger partial charge on any atom is 0.337 e. The molecule has 2 N–H and O–H groups in total. The number of aliphatic carboxylic acids is 1. The SMILES string of the molecule is O=C(O)[C@@H](O)c1cc([N+](=O)[O-])c(F)cc1F. The second kappa shape index (κ2) is 4.19. The second-order valence-electron chi connectivity index (χ2n) is 2.82. The molecule has 0 saturated heterocycles. The van der Waals surface area contributed by atoms with Gasteiger partial charge in [0.05, 0.1) is 4.92 Å². The van der Waals surface area contributed by atoms with Gasteiger partial charge in [0, 0.05) is 17.7 Å². The summed E-state index contributed by atoms with van der Waals surface area (Å²) in [5.41, 5.74) is -1.96. The summed E-state index contributed by atoms with van der Waals surface area (Å²) in [6.45, 7) is 0. The number of nitrogens with zero attached hydrogens (tertiary/aromatic N) is 1. The van der Waals surface area contributed by atoms with Crippen molar-refractivity contribution in [1.29, 1.82) is 0 Å². The third-order valence-electron chi connectivity index (χ3n) is 1.79. The third kappa shape index (κ3) is 2.11. The zero-order valence-electron chi connectivity index (χ0n) is 7.55. The number of carboxylic acids is 1. The van der Waals surface area contributed by atoms with Crippen LogP contribution in [0.1, 0.15) is 11.7 Å². The van der Waals surface area contributed by atoms with E-state index in [9.17, 15) is 23.7 Å². The van der Waals surface area contributed by atoms with E-state index in [0.717, 1.165) is 0 Å². The van der Waals surface area contributed by atoms with Crippen LogP contribution in [0, 0.1) is 21.7 Å². The van der Waals surface area contributed by atoms with E-state index in [0.29, 0.717) is 6.07 Å². The van der Waals surface area contributed by atoms with Gasteiger partial charge in [-0.3, -0.25) is 10.1 Å². The van der Waals surface area contributed by atoms with Crippen molar-refractivity contribution in [2.45, 2.75) is 6.10 Å². The van der Waals surface area contributed by atoms with Crippen molar-refractivity contribution in [3.63, 3.8) is 0 Å². The Morgan fingerprint density at radius 3 is 2.38 bits per heavy atom. The van der Waals surface area contributed by atoms with Crippen molar-refractivity contribution in [2.75, 3.05) is 0 Å². The molecule has 0 saturated carbocycles. The molecular formula is C8H5F2NO5. The van der Waals surface area contributed by atoms with Gasteiger partial charge in [-0.05, 0) is 0 Å². The number of hydrogen-bond donors (Lipinski definition) is 2. The first-order chi connectivity index (χ1) is 7.34. The van der Waals surface area contributed by atoms with E-state index in [1.807, 2.05) is 0 Å². The van der Waals surface area contributed by atoms with Crippen LogP contribution in [0.25, 0.3) is 0 Å². The molecular weight excluding hydrogens is 228 g/mol. The van der Waals surface area contributed by atoms with E-state index in [2.05, 4.69) is 0 Å². The number of nitro groups is 1. The van der Waals surface area contributed by atoms with Gasteiger partial charge >= 0.3 is 11.7 Å². The van der Waals surface area contributed by atoms with E-state index >= 15 is 0 Å². The lowest BCUT2D eigenvalue weighted by Gasteiger charge is -2.06. The molecule has 6 nitrogen and oxygen atoms in total. The van der Waals surface area contributed by atoms with E-state index in [4.69, 9.17) is 10.2 Å². The Morgan fingerprint density at radius 1 is 1.38 bits per heavy atom. The molecule has 1 aromatic carbocycles. The number of aliphatic hydroxyl groups excluding tert-OH is 1. The Kier molecular flexibility index (Phi) is 3.14. The molecule has 0 aliphatic carbocycles. The zero-order chi connectivity index (χ0) is 12.5. The molecule has 0 spiro atoms. The molecule has 0 aliphatic rings. The minimum absolute atomic E-state index is 0.152. The fourth-order valence-electron chi connectivity index (χ4n) is 1.04. The zero-order valence-corrected chi connectivity index (χ0v) is 7.55. The van der Waals surface area contributed by atoms with Crippen LogP contribution in [-0.4, -0.2) is 21.1 Å². The highest BCUT2D eigenvalue weighted by Crippen LogP contribution is 2.25. The number of hydrogen-bond acceptors (Lipinski definition) is 4. The number of aliphatic hydroxyl groups is 1. The van der Waals surface area contributed by atoms with E-state index in [1.54, 1.807) is 0 Å². The average Bonchev–Trinajstić information content (AvgIpc) is 2.16. The Labute approximate surface area is 86.9 Å². The van der Waals surface area contributed by atoms with Crippen molar-refractivity contribution >= 4 is 11.7 Å². The molecule has 0 aliphatic heterocycles. The van der Waals surface area contributed by atoms with Gasteiger partial charge in [-0.25, -0.2) is 9.18 Å². The lowest BCUT2D eigenvalue weighted by Crippen LogP contribution is -2.13. The minimum Gasteiger partial charge on any atom is -0.479 e. The Morgan fingerprint density at radius 2 is 1.94 bits per heavy atom. The first kappa shape index (κ1) is 12.0.